The number of carbonyl (C=O) groups is 1. The van der Waals surface area contributed by atoms with Crippen LogP contribution in [0.3, 0.4) is 0 Å². The second kappa shape index (κ2) is 7.97. The molecule has 126 valence electrons. The molecule has 1 atom stereocenters. The van der Waals surface area contributed by atoms with E-state index >= 15 is 0 Å². The van der Waals surface area contributed by atoms with Crippen molar-refractivity contribution in [3.05, 3.63) is 65.7 Å². The van der Waals surface area contributed by atoms with E-state index in [2.05, 4.69) is 6.07 Å². The van der Waals surface area contributed by atoms with E-state index in [4.69, 9.17) is 9.47 Å². The second-order valence-corrected chi connectivity index (χ2v) is 6.11. The lowest BCUT2D eigenvalue weighted by Crippen LogP contribution is -2.36. The molecule has 0 spiro atoms. The molecule has 2 aromatic rings. The third-order valence-electron chi connectivity index (χ3n) is 4.30. The minimum Gasteiger partial charge on any atom is -0.497 e. The molecule has 4 heteroatoms. The summed E-state index contributed by atoms with van der Waals surface area (Å²) in [4.78, 5) is 14.6. The fourth-order valence-corrected chi connectivity index (χ4v) is 3.08. The van der Waals surface area contributed by atoms with Crippen molar-refractivity contribution < 1.29 is 14.3 Å². The highest BCUT2D eigenvalue weighted by Gasteiger charge is 2.23. The first kappa shape index (κ1) is 16.5. The third kappa shape index (κ3) is 4.15. The zero-order valence-electron chi connectivity index (χ0n) is 14.0. The van der Waals surface area contributed by atoms with Crippen molar-refractivity contribution >= 4 is 5.91 Å². The molecule has 1 amide bonds. The van der Waals surface area contributed by atoms with Crippen molar-refractivity contribution in [3.63, 3.8) is 0 Å². The van der Waals surface area contributed by atoms with E-state index < -0.39 is 0 Å². The lowest BCUT2D eigenvalue weighted by molar-refractivity contribution is 0.0737. The van der Waals surface area contributed by atoms with Crippen molar-refractivity contribution in [2.45, 2.75) is 6.42 Å². The highest BCUT2D eigenvalue weighted by Crippen LogP contribution is 2.19. The standard InChI is InChI=1S/C20H23NO3/c1-23-19-9-5-6-16(13-19)12-17-14-21(10-11-24-15-17)20(22)18-7-3-2-4-8-18/h2-9,13,17H,10-12,14-15H2,1H3/t17-/m1/s1. The number of benzene rings is 2. The Morgan fingerprint density at radius 1 is 1.21 bits per heavy atom. The molecule has 0 radical (unpaired) electrons. The van der Waals surface area contributed by atoms with E-state index in [9.17, 15) is 4.79 Å². The molecule has 3 rings (SSSR count). The third-order valence-corrected chi connectivity index (χ3v) is 4.30. The fraction of sp³-hybridized carbons (Fsp3) is 0.350. The molecule has 0 unspecified atom stereocenters. The predicted octanol–water partition coefficient (Wildman–Crippen LogP) is 3.03. The minimum absolute atomic E-state index is 0.0803. The highest BCUT2D eigenvalue weighted by molar-refractivity contribution is 5.94. The van der Waals surface area contributed by atoms with Crippen molar-refractivity contribution in [1.82, 2.24) is 4.90 Å². The predicted molar refractivity (Wildman–Crippen MR) is 93.4 cm³/mol. The smallest absolute Gasteiger partial charge is 0.253 e. The summed E-state index contributed by atoms with van der Waals surface area (Å²) in [5.41, 5.74) is 1.94. The first-order valence-corrected chi connectivity index (χ1v) is 8.31. The van der Waals surface area contributed by atoms with Crippen LogP contribution in [0.15, 0.2) is 54.6 Å². The highest BCUT2D eigenvalue weighted by atomic mass is 16.5. The van der Waals surface area contributed by atoms with Crippen molar-refractivity contribution in [2.24, 2.45) is 5.92 Å². The maximum atomic E-state index is 12.7. The Kier molecular flexibility index (Phi) is 5.49. The first-order chi connectivity index (χ1) is 11.8. The molecule has 1 saturated heterocycles. The van der Waals surface area contributed by atoms with Gasteiger partial charge in [-0.3, -0.25) is 4.79 Å². The van der Waals surface area contributed by atoms with Crippen LogP contribution in [-0.4, -0.2) is 44.2 Å². The molecular weight excluding hydrogens is 302 g/mol. The van der Waals surface area contributed by atoms with E-state index in [1.165, 1.54) is 5.56 Å². The van der Waals surface area contributed by atoms with Crippen LogP contribution in [0.4, 0.5) is 0 Å². The van der Waals surface area contributed by atoms with Crippen molar-refractivity contribution in [1.29, 1.82) is 0 Å². The molecule has 24 heavy (non-hydrogen) atoms. The zero-order valence-corrected chi connectivity index (χ0v) is 14.0. The number of rotatable bonds is 4. The molecule has 1 fully saturated rings. The summed E-state index contributed by atoms with van der Waals surface area (Å²) in [7, 11) is 1.67. The molecule has 0 aromatic heterocycles. The average Bonchev–Trinajstić information content (AvgIpc) is 2.87. The molecule has 1 aliphatic rings. The maximum absolute atomic E-state index is 12.7. The van der Waals surface area contributed by atoms with Crippen LogP contribution < -0.4 is 4.74 Å². The topological polar surface area (TPSA) is 38.8 Å². The Morgan fingerprint density at radius 3 is 2.83 bits per heavy atom. The average molecular weight is 325 g/mol. The number of nitrogens with zero attached hydrogens (tertiary/aromatic N) is 1. The van der Waals surface area contributed by atoms with Gasteiger partial charge in [-0.25, -0.2) is 0 Å². The molecule has 2 aromatic carbocycles. The summed E-state index contributed by atoms with van der Waals surface area (Å²) in [6, 6.07) is 17.5. The van der Waals surface area contributed by atoms with E-state index in [0.29, 0.717) is 26.3 Å². The normalized spacial score (nSPS) is 18.0. The second-order valence-electron chi connectivity index (χ2n) is 6.11. The molecule has 0 saturated carbocycles. The van der Waals surface area contributed by atoms with Gasteiger partial charge in [0.25, 0.3) is 5.91 Å². The number of hydrogen-bond acceptors (Lipinski definition) is 3. The van der Waals surface area contributed by atoms with Gasteiger partial charge in [-0.2, -0.15) is 0 Å². The van der Waals surface area contributed by atoms with E-state index in [0.717, 1.165) is 17.7 Å². The summed E-state index contributed by atoms with van der Waals surface area (Å²) >= 11 is 0. The van der Waals surface area contributed by atoms with Gasteiger partial charge in [0.1, 0.15) is 5.75 Å². The van der Waals surface area contributed by atoms with Gasteiger partial charge in [0.05, 0.1) is 20.3 Å². The van der Waals surface area contributed by atoms with Gasteiger partial charge in [0, 0.05) is 24.6 Å². The Balaban J connectivity index is 1.69. The van der Waals surface area contributed by atoms with Crippen molar-refractivity contribution in [3.8, 4) is 5.75 Å². The Bertz CT molecular complexity index is 672. The fourth-order valence-electron chi connectivity index (χ4n) is 3.08. The van der Waals surface area contributed by atoms with Crippen LogP contribution in [0, 0.1) is 5.92 Å². The molecule has 1 heterocycles. The Morgan fingerprint density at radius 2 is 2.04 bits per heavy atom. The van der Waals surface area contributed by atoms with Crippen LogP contribution in [0.2, 0.25) is 0 Å². The summed E-state index contributed by atoms with van der Waals surface area (Å²) in [5, 5.41) is 0. The van der Waals surface area contributed by atoms with Gasteiger partial charge in [-0.1, -0.05) is 30.3 Å². The molecule has 0 N–H and O–H groups in total. The van der Waals surface area contributed by atoms with Crippen LogP contribution in [0.1, 0.15) is 15.9 Å². The summed E-state index contributed by atoms with van der Waals surface area (Å²) in [6.45, 7) is 2.62. The van der Waals surface area contributed by atoms with Gasteiger partial charge >= 0.3 is 0 Å². The Labute approximate surface area is 143 Å². The molecule has 0 bridgehead atoms. The molecule has 1 aliphatic heterocycles. The molecule has 0 aliphatic carbocycles. The molecule has 4 nitrogen and oxygen atoms in total. The van der Waals surface area contributed by atoms with E-state index in [1.807, 2.05) is 53.4 Å². The number of hydrogen-bond donors (Lipinski definition) is 0. The maximum Gasteiger partial charge on any atom is 0.253 e. The lowest BCUT2D eigenvalue weighted by atomic mass is 9.99. The van der Waals surface area contributed by atoms with E-state index in [-0.39, 0.29) is 11.8 Å². The van der Waals surface area contributed by atoms with E-state index in [1.54, 1.807) is 7.11 Å². The first-order valence-electron chi connectivity index (χ1n) is 8.31. The number of amides is 1. The number of methoxy groups -OCH3 is 1. The lowest BCUT2D eigenvalue weighted by Gasteiger charge is -2.24. The van der Waals surface area contributed by atoms with Crippen LogP contribution in [0.5, 0.6) is 5.75 Å². The minimum atomic E-state index is 0.0803. The summed E-state index contributed by atoms with van der Waals surface area (Å²) in [6.07, 6.45) is 0.871. The van der Waals surface area contributed by atoms with Gasteiger partial charge in [0.2, 0.25) is 0 Å². The van der Waals surface area contributed by atoms with Crippen molar-refractivity contribution in [2.75, 3.05) is 33.4 Å². The SMILES string of the molecule is COc1cccc(C[C@H]2COCCN(C(=O)c3ccccc3)C2)c1. The number of ether oxygens (including phenoxy) is 2. The van der Waals surface area contributed by atoms with Gasteiger partial charge in [-0.15, -0.1) is 0 Å². The summed E-state index contributed by atoms with van der Waals surface area (Å²) in [5.74, 6) is 1.23. The number of carbonyl (C=O) groups excluding carboxylic acids is 1. The largest absolute Gasteiger partial charge is 0.497 e. The monoisotopic (exact) mass is 325 g/mol. The van der Waals surface area contributed by atoms with Gasteiger partial charge in [-0.05, 0) is 36.2 Å². The van der Waals surface area contributed by atoms with Gasteiger partial charge < -0.3 is 14.4 Å². The quantitative estimate of drug-likeness (QED) is 0.867. The van der Waals surface area contributed by atoms with Crippen LogP contribution in [0.25, 0.3) is 0 Å². The van der Waals surface area contributed by atoms with Crippen LogP contribution in [-0.2, 0) is 11.2 Å². The molecular formula is C20H23NO3. The Hall–Kier alpha value is -2.33. The van der Waals surface area contributed by atoms with Crippen LogP contribution >= 0.6 is 0 Å². The summed E-state index contributed by atoms with van der Waals surface area (Å²) < 4.78 is 11.0. The van der Waals surface area contributed by atoms with Gasteiger partial charge in [0.15, 0.2) is 0 Å². The zero-order chi connectivity index (χ0) is 16.8.